The Hall–Kier alpha value is -2.98. The average molecular weight is 612 g/mol. The molecule has 3 aromatic rings. The van der Waals surface area contributed by atoms with E-state index in [1.807, 2.05) is 18.2 Å². The van der Waals surface area contributed by atoms with Crippen LogP contribution in [0.1, 0.15) is 31.2 Å². The van der Waals surface area contributed by atoms with Gasteiger partial charge in [-0.1, -0.05) is 23.2 Å². The highest BCUT2D eigenvalue weighted by atomic mass is 35.5. The molecule has 0 amide bonds. The van der Waals surface area contributed by atoms with E-state index in [0.717, 1.165) is 81.3 Å². The van der Waals surface area contributed by atoms with Gasteiger partial charge in [0.25, 0.3) is 0 Å². The van der Waals surface area contributed by atoms with E-state index in [9.17, 15) is 4.79 Å². The minimum Gasteiger partial charge on any atom is -0.469 e. The molecule has 222 valence electrons. The van der Waals surface area contributed by atoms with Gasteiger partial charge in [0.15, 0.2) is 5.75 Å². The quantitative estimate of drug-likeness (QED) is 0.305. The Morgan fingerprint density at radius 2 is 1.71 bits per heavy atom. The topological polar surface area (TPSA) is 83.9 Å². The molecule has 3 aliphatic rings. The molecule has 11 heteroatoms. The van der Waals surface area contributed by atoms with Gasteiger partial charge in [0.2, 0.25) is 11.8 Å². The molecule has 3 fully saturated rings. The van der Waals surface area contributed by atoms with Crippen LogP contribution in [0.2, 0.25) is 10.0 Å². The highest BCUT2D eigenvalue weighted by molar-refractivity contribution is 6.35. The second kappa shape index (κ2) is 12.7. The normalized spacial score (nSPS) is 21.5. The van der Waals surface area contributed by atoms with Gasteiger partial charge in [0.05, 0.1) is 25.2 Å². The largest absolute Gasteiger partial charge is 0.469 e. The predicted molar refractivity (Wildman–Crippen MR) is 163 cm³/mol. The molecule has 1 aromatic carbocycles. The first-order valence-electron chi connectivity index (χ1n) is 14.5. The number of hydrogen-bond acceptors (Lipinski definition) is 9. The monoisotopic (exact) mass is 610 g/mol. The van der Waals surface area contributed by atoms with Gasteiger partial charge in [-0.2, -0.15) is 0 Å². The van der Waals surface area contributed by atoms with Crippen LogP contribution in [0.15, 0.2) is 42.7 Å². The average Bonchev–Trinajstić information content (AvgIpc) is 2.97. The number of methoxy groups -OCH3 is 1. The van der Waals surface area contributed by atoms with E-state index < -0.39 is 0 Å². The lowest BCUT2D eigenvalue weighted by molar-refractivity contribution is -0.142. The van der Waals surface area contributed by atoms with Gasteiger partial charge >= 0.3 is 5.97 Å². The lowest BCUT2D eigenvalue weighted by Gasteiger charge is -2.51. The summed E-state index contributed by atoms with van der Waals surface area (Å²) in [6.45, 7) is 5.62. The van der Waals surface area contributed by atoms with E-state index in [4.69, 9.17) is 37.7 Å². The Morgan fingerprint density at radius 3 is 2.38 bits per heavy atom. The maximum Gasteiger partial charge on any atom is 0.305 e. The van der Waals surface area contributed by atoms with Crippen LogP contribution in [0.5, 0.6) is 11.6 Å². The van der Waals surface area contributed by atoms with E-state index in [-0.39, 0.29) is 5.97 Å². The van der Waals surface area contributed by atoms with Crippen LogP contribution >= 0.6 is 23.2 Å². The lowest BCUT2D eigenvalue weighted by Crippen LogP contribution is -2.62. The third-order valence-electron chi connectivity index (χ3n) is 8.72. The molecule has 3 saturated heterocycles. The molecule has 2 aromatic heterocycles. The maximum absolute atomic E-state index is 11.7. The smallest absolute Gasteiger partial charge is 0.305 e. The summed E-state index contributed by atoms with van der Waals surface area (Å²) in [6, 6.07) is 10.1. The number of carbonyl (C=O) groups excluding carboxylic acids is 1. The fraction of sp³-hybridized carbons (Fsp3) is 0.484. The minimum atomic E-state index is -0.137. The van der Waals surface area contributed by atoms with Crippen LogP contribution in [0.4, 0.5) is 5.95 Å². The molecule has 0 aliphatic carbocycles. The SMILES string of the molecule is COC(=O)CC1CCN(Cc2cc(Oc3cnc(N4CC[C@H]5[C@@H](C4)CN5C)nc3)nc(-c3cc(Cl)cc(Cl)c3)c2)CC1. The number of hydrogen-bond donors (Lipinski definition) is 0. The molecular formula is C31H36Cl2N6O3. The van der Waals surface area contributed by atoms with Gasteiger partial charge in [0, 0.05) is 66.2 Å². The Labute approximate surface area is 256 Å². The molecule has 0 saturated carbocycles. The molecule has 2 atom stereocenters. The number of pyridine rings is 1. The number of likely N-dealkylation sites (tertiary alicyclic amines) is 2. The molecule has 0 radical (unpaired) electrons. The van der Waals surface area contributed by atoms with Crippen molar-refractivity contribution in [2.24, 2.45) is 11.8 Å². The summed E-state index contributed by atoms with van der Waals surface area (Å²) in [6.07, 6.45) is 6.97. The third kappa shape index (κ3) is 6.80. The number of ether oxygens (including phenoxy) is 2. The van der Waals surface area contributed by atoms with E-state index >= 15 is 0 Å². The van der Waals surface area contributed by atoms with Crippen LogP contribution in [0.3, 0.4) is 0 Å². The summed E-state index contributed by atoms with van der Waals surface area (Å²) < 4.78 is 11.1. The molecule has 5 heterocycles. The highest BCUT2D eigenvalue weighted by Gasteiger charge is 2.40. The van der Waals surface area contributed by atoms with Crippen LogP contribution in [0.25, 0.3) is 11.3 Å². The molecule has 42 heavy (non-hydrogen) atoms. The number of halogens is 2. The van der Waals surface area contributed by atoms with Crippen LogP contribution in [0, 0.1) is 11.8 Å². The zero-order chi connectivity index (χ0) is 29.2. The van der Waals surface area contributed by atoms with Gasteiger partial charge in [-0.25, -0.2) is 15.0 Å². The third-order valence-corrected chi connectivity index (χ3v) is 9.15. The first kappa shape index (κ1) is 29.1. The molecular weight excluding hydrogens is 575 g/mol. The molecule has 3 aliphatic heterocycles. The number of benzene rings is 1. The number of aromatic nitrogens is 3. The van der Waals surface area contributed by atoms with Crippen molar-refractivity contribution in [2.75, 3.05) is 51.8 Å². The number of piperidine rings is 2. The summed E-state index contributed by atoms with van der Waals surface area (Å²) in [4.78, 5) is 32.8. The van der Waals surface area contributed by atoms with Gasteiger partial charge < -0.3 is 19.3 Å². The zero-order valence-corrected chi connectivity index (χ0v) is 25.5. The summed E-state index contributed by atoms with van der Waals surface area (Å²) in [5, 5.41) is 1.09. The van der Waals surface area contributed by atoms with E-state index in [0.29, 0.717) is 46.0 Å². The Morgan fingerprint density at radius 1 is 0.976 bits per heavy atom. The van der Waals surface area contributed by atoms with Crippen molar-refractivity contribution in [3.05, 3.63) is 58.3 Å². The van der Waals surface area contributed by atoms with Crippen LogP contribution < -0.4 is 9.64 Å². The minimum absolute atomic E-state index is 0.137. The van der Waals surface area contributed by atoms with Gasteiger partial charge in [-0.3, -0.25) is 9.69 Å². The molecule has 0 N–H and O–H groups in total. The summed E-state index contributed by atoms with van der Waals surface area (Å²) in [7, 11) is 3.65. The van der Waals surface area contributed by atoms with Gasteiger partial charge in [-0.15, -0.1) is 0 Å². The maximum atomic E-state index is 11.7. The number of fused-ring (bicyclic) bond motifs is 1. The second-order valence-electron chi connectivity index (χ2n) is 11.7. The number of esters is 1. The van der Waals surface area contributed by atoms with Crippen molar-refractivity contribution in [3.63, 3.8) is 0 Å². The van der Waals surface area contributed by atoms with Crippen molar-refractivity contribution >= 4 is 35.1 Å². The fourth-order valence-electron chi connectivity index (χ4n) is 6.45. The van der Waals surface area contributed by atoms with E-state index in [1.54, 1.807) is 18.5 Å². The fourth-order valence-corrected chi connectivity index (χ4v) is 6.98. The Kier molecular flexibility index (Phi) is 8.81. The number of carbonyl (C=O) groups is 1. The van der Waals surface area contributed by atoms with Crippen molar-refractivity contribution < 1.29 is 14.3 Å². The molecule has 9 nitrogen and oxygen atoms in total. The summed E-state index contributed by atoms with van der Waals surface area (Å²) in [5.41, 5.74) is 2.59. The first-order valence-corrected chi connectivity index (χ1v) is 15.3. The molecule has 0 bridgehead atoms. The predicted octanol–water partition coefficient (Wildman–Crippen LogP) is 5.55. The number of nitrogens with zero attached hydrogens (tertiary/aromatic N) is 6. The number of rotatable bonds is 8. The van der Waals surface area contributed by atoms with Crippen molar-refractivity contribution in [1.29, 1.82) is 0 Å². The standard InChI is InChI=1S/C31H36Cl2N6O3/c1-37-18-23-19-39(8-5-28(23)37)31-34-15-26(16-35-31)42-29-10-21(9-27(36-29)22-12-24(32)14-25(33)13-22)17-38-6-3-20(4-7-38)11-30(40)41-2/h9-10,12-16,20,23,28H,3-8,11,17-19H2,1-2H3/t23-,28+/m1/s1. The number of anilines is 1. The van der Waals surface area contributed by atoms with Crippen molar-refractivity contribution in [3.8, 4) is 22.9 Å². The van der Waals surface area contributed by atoms with E-state index in [1.165, 1.54) is 7.11 Å². The Bertz CT molecular complexity index is 1400. The van der Waals surface area contributed by atoms with Crippen molar-refractivity contribution in [2.45, 2.75) is 38.3 Å². The van der Waals surface area contributed by atoms with Gasteiger partial charge in [0.1, 0.15) is 0 Å². The second-order valence-corrected chi connectivity index (χ2v) is 12.6. The zero-order valence-electron chi connectivity index (χ0n) is 24.0. The molecule has 6 rings (SSSR count). The van der Waals surface area contributed by atoms with Gasteiger partial charge in [-0.05, 0) is 75.1 Å². The molecule has 0 spiro atoms. The molecule has 0 unspecified atom stereocenters. The summed E-state index contributed by atoms with van der Waals surface area (Å²) >= 11 is 12.6. The van der Waals surface area contributed by atoms with Crippen LogP contribution in [-0.2, 0) is 16.1 Å². The summed E-state index contributed by atoms with van der Waals surface area (Å²) in [5.74, 6) is 2.63. The lowest BCUT2D eigenvalue weighted by atomic mass is 9.83. The van der Waals surface area contributed by atoms with Crippen LogP contribution in [-0.4, -0.2) is 83.6 Å². The van der Waals surface area contributed by atoms with Crippen molar-refractivity contribution in [1.82, 2.24) is 24.8 Å². The van der Waals surface area contributed by atoms with E-state index in [2.05, 4.69) is 37.8 Å². The Balaban J connectivity index is 1.18. The first-order chi connectivity index (χ1) is 20.3. The highest BCUT2D eigenvalue weighted by Crippen LogP contribution is 2.33.